The molecular formula is C20H24FN5. The fourth-order valence-corrected chi connectivity index (χ4v) is 2.84. The van der Waals surface area contributed by atoms with E-state index >= 15 is 0 Å². The maximum atomic E-state index is 13.2. The van der Waals surface area contributed by atoms with Crippen LogP contribution in [0, 0.1) is 5.82 Å². The van der Waals surface area contributed by atoms with Gasteiger partial charge in [0.25, 0.3) is 0 Å². The molecule has 0 aliphatic heterocycles. The molecule has 0 radical (unpaired) electrons. The summed E-state index contributed by atoms with van der Waals surface area (Å²) in [7, 11) is 4.15. The van der Waals surface area contributed by atoms with Gasteiger partial charge in [0.1, 0.15) is 5.82 Å². The van der Waals surface area contributed by atoms with Crippen molar-refractivity contribution >= 4 is 0 Å². The molecule has 1 aromatic carbocycles. The van der Waals surface area contributed by atoms with Crippen LogP contribution in [-0.2, 0) is 13.1 Å². The zero-order valence-electron chi connectivity index (χ0n) is 15.2. The van der Waals surface area contributed by atoms with E-state index in [1.165, 1.54) is 17.7 Å². The second-order valence-corrected chi connectivity index (χ2v) is 6.65. The van der Waals surface area contributed by atoms with Gasteiger partial charge in [-0.1, -0.05) is 6.07 Å². The molecule has 0 unspecified atom stereocenters. The zero-order chi connectivity index (χ0) is 18.4. The number of hydrogen-bond donors (Lipinski definition) is 1. The van der Waals surface area contributed by atoms with Crippen molar-refractivity contribution in [1.29, 1.82) is 0 Å². The Morgan fingerprint density at radius 1 is 1.00 bits per heavy atom. The molecule has 3 rings (SSSR count). The average molecular weight is 353 g/mol. The summed E-state index contributed by atoms with van der Waals surface area (Å²) >= 11 is 0. The second kappa shape index (κ2) is 8.69. The lowest BCUT2D eigenvalue weighted by molar-refractivity contribution is 0.226. The second-order valence-electron chi connectivity index (χ2n) is 6.65. The molecule has 0 saturated carbocycles. The van der Waals surface area contributed by atoms with Crippen LogP contribution in [0.3, 0.4) is 0 Å². The van der Waals surface area contributed by atoms with Gasteiger partial charge in [-0.3, -0.25) is 15.0 Å². The maximum Gasteiger partial charge on any atom is 0.123 e. The molecule has 5 nitrogen and oxygen atoms in total. The molecule has 0 aliphatic rings. The Morgan fingerprint density at radius 3 is 2.50 bits per heavy atom. The van der Waals surface area contributed by atoms with E-state index in [0.29, 0.717) is 0 Å². The van der Waals surface area contributed by atoms with E-state index in [0.717, 1.165) is 43.0 Å². The Balaban J connectivity index is 1.78. The van der Waals surface area contributed by atoms with Crippen LogP contribution in [0.1, 0.15) is 11.1 Å². The highest BCUT2D eigenvalue weighted by Gasteiger charge is 2.13. The van der Waals surface area contributed by atoms with Gasteiger partial charge in [0.15, 0.2) is 0 Å². The fourth-order valence-electron chi connectivity index (χ4n) is 2.84. The van der Waals surface area contributed by atoms with Gasteiger partial charge in [0, 0.05) is 49.7 Å². The molecule has 3 aromatic rings. The first-order valence-corrected chi connectivity index (χ1v) is 8.66. The van der Waals surface area contributed by atoms with Crippen molar-refractivity contribution in [3.8, 4) is 11.3 Å². The van der Waals surface area contributed by atoms with E-state index in [1.54, 1.807) is 18.3 Å². The molecule has 0 fully saturated rings. The highest BCUT2D eigenvalue weighted by Crippen LogP contribution is 2.23. The van der Waals surface area contributed by atoms with Crippen LogP contribution < -0.4 is 0 Å². The first-order valence-electron chi connectivity index (χ1n) is 8.66. The van der Waals surface area contributed by atoms with Crippen molar-refractivity contribution in [3.63, 3.8) is 0 Å². The van der Waals surface area contributed by atoms with Gasteiger partial charge in [0.05, 0.1) is 11.9 Å². The van der Waals surface area contributed by atoms with Gasteiger partial charge in [-0.25, -0.2) is 4.39 Å². The summed E-state index contributed by atoms with van der Waals surface area (Å²) in [6, 6.07) is 10.5. The zero-order valence-corrected chi connectivity index (χ0v) is 15.2. The third kappa shape index (κ3) is 4.97. The number of benzene rings is 1. The summed E-state index contributed by atoms with van der Waals surface area (Å²) in [5, 5.41) is 7.26. The van der Waals surface area contributed by atoms with Gasteiger partial charge in [-0.15, -0.1) is 0 Å². The average Bonchev–Trinajstić information content (AvgIpc) is 3.09. The molecule has 2 aromatic heterocycles. The van der Waals surface area contributed by atoms with Crippen LogP contribution in [0.15, 0.2) is 55.0 Å². The van der Waals surface area contributed by atoms with Crippen LogP contribution in [0.25, 0.3) is 11.3 Å². The van der Waals surface area contributed by atoms with Crippen molar-refractivity contribution < 1.29 is 4.39 Å². The van der Waals surface area contributed by atoms with Crippen molar-refractivity contribution in [2.75, 3.05) is 27.2 Å². The molecule has 0 atom stereocenters. The predicted octanol–water partition coefficient (Wildman–Crippen LogP) is 3.17. The normalized spacial score (nSPS) is 11.4. The standard InChI is InChI=1S/C20H24FN5/c1-25(2)10-11-26(14-16-4-3-9-22-12-16)15-18-13-23-24-20(18)17-5-7-19(21)8-6-17/h3-9,12-13H,10-11,14-15H2,1-2H3,(H,23,24). The van der Waals surface area contributed by atoms with E-state index in [2.05, 4.69) is 45.1 Å². The minimum absolute atomic E-state index is 0.237. The molecule has 26 heavy (non-hydrogen) atoms. The maximum absolute atomic E-state index is 13.2. The molecule has 0 bridgehead atoms. The quantitative estimate of drug-likeness (QED) is 0.676. The summed E-state index contributed by atoms with van der Waals surface area (Å²) < 4.78 is 13.2. The molecular weight excluding hydrogens is 329 g/mol. The summed E-state index contributed by atoms with van der Waals surface area (Å²) in [5.41, 5.74) is 4.15. The molecule has 136 valence electrons. The van der Waals surface area contributed by atoms with Crippen molar-refractivity contribution in [2.24, 2.45) is 0 Å². The van der Waals surface area contributed by atoms with E-state index in [-0.39, 0.29) is 5.82 Å². The summed E-state index contributed by atoms with van der Waals surface area (Å²) in [6.07, 6.45) is 5.54. The monoisotopic (exact) mass is 353 g/mol. The van der Waals surface area contributed by atoms with Crippen molar-refractivity contribution in [1.82, 2.24) is 25.0 Å². The Labute approximate surface area is 153 Å². The summed E-state index contributed by atoms with van der Waals surface area (Å²) in [6.45, 7) is 3.46. The van der Waals surface area contributed by atoms with E-state index in [9.17, 15) is 4.39 Å². The number of aromatic amines is 1. The number of likely N-dealkylation sites (N-methyl/N-ethyl adjacent to an activating group) is 1. The number of halogens is 1. The number of rotatable bonds is 8. The van der Waals surface area contributed by atoms with Gasteiger partial charge in [-0.2, -0.15) is 5.10 Å². The molecule has 6 heteroatoms. The topological polar surface area (TPSA) is 48.1 Å². The summed E-state index contributed by atoms with van der Waals surface area (Å²) in [5.74, 6) is -0.237. The van der Waals surface area contributed by atoms with Crippen LogP contribution in [0.5, 0.6) is 0 Å². The molecule has 0 saturated heterocycles. The number of pyridine rings is 1. The number of aromatic nitrogens is 3. The number of hydrogen-bond acceptors (Lipinski definition) is 4. The van der Waals surface area contributed by atoms with Crippen LogP contribution in [-0.4, -0.2) is 52.2 Å². The Hall–Kier alpha value is -2.57. The van der Waals surface area contributed by atoms with Gasteiger partial charge >= 0.3 is 0 Å². The smallest absolute Gasteiger partial charge is 0.123 e. The Morgan fingerprint density at radius 2 is 1.81 bits per heavy atom. The highest BCUT2D eigenvalue weighted by atomic mass is 19.1. The lowest BCUT2D eigenvalue weighted by atomic mass is 10.1. The number of H-pyrrole nitrogens is 1. The number of nitrogens with zero attached hydrogens (tertiary/aromatic N) is 4. The minimum atomic E-state index is -0.237. The highest BCUT2D eigenvalue weighted by molar-refractivity contribution is 5.62. The van der Waals surface area contributed by atoms with Gasteiger partial charge < -0.3 is 4.90 Å². The first kappa shape index (κ1) is 18.2. The first-order chi connectivity index (χ1) is 12.6. The van der Waals surface area contributed by atoms with Crippen molar-refractivity contribution in [3.05, 3.63) is 71.9 Å². The molecule has 2 heterocycles. The lowest BCUT2D eigenvalue weighted by Gasteiger charge is -2.24. The Bertz CT molecular complexity index is 799. The fraction of sp³-hybridized carbons (Fsp3) is 0.300. The third-order valence-electron chi connectivity index (χ3n) is 4.24. The van der Waals surface area contributed by atoms with Crippen LogP contribution in [0.4, 0.5) is 4.39 Å². The summed E-state index contributed by atoms with van der Waals surface area (Å²) in [4.78, 5) is 8.76. The predicted molar refractivity (Wildman–Crippen MR) is 101 cm³/mol. The van der Waals surface area contributed by atoms with Crippen LogP contribution in [0.2, 0.25) is 0 Å². The van der Waals surface area contributed by atoms with Crippen LogP contribution >= 0.6 is 0 Å². The van der Waals surface area contributed by atoms with Gasteiger partial charge in [-0.05, 0) is 50.0 Å². The lowest BCUT2D eigenvalue weighted by Crippen LogP contribution is -2.31. The van der Waals surface area contributed by atoms with E-state index in [1.807, 2.05) is 18.5 Å². The largest absolute Gasteiger partial charge is 0.308 e. The molecule has 1 N–H and O–H groups in total. The van der Waals surface area contributed by atoms with Gasteiger partial charge in [0.2, 0.25) is 0 Å². The molecule has 0 aliphatic carbocycles. The van der Waals surface area contributed by atoms with Crippen molar-refractivity contribution in [2.45, 2.75) is 13.1 Å². The van der Waals surface area contributed by atoms with E-state index in [4.69, 9.17) is 0 Å². The third-order valence-corrected chi connectivity index (χ3v) is 4.24. The SMILES string of the molecule is CN(C)CCN(Cc1cccnc1)Cc1cn[nH]c1-c1ccc(F)cc1. The molecule has 0 amide bonds. The molecule has 0 spiro atoms. The Kier molecular flexibility index (Phi) is 6.09. The minimum Gasteiger partial charge on any atom is -0.308 e. The number of nitrogens with one attached hydrogen (secondary N) is 1. The van der Waals surface area contributed by atoms with E-state index < -0.39 is 0 Å².